The fourth-order valence-corrected chi connectivity index (χ4v) is 12.9. The first-order chi connectivity index (χ1) is 38.7. The molecule has 0 amide bonds. The number of fused-ring (bicyclic) bond motifs is 6. The van der Waals surface area contributed by atoms with Crippen molar-refractivity contribution in [2.45, 2.75) is 12.8 Å². The largest absolute Gasteiger partial charge is 0.0763 e. The maximum Gasteiger partial charge on any atom is -0.00259 e. The Hall–Kier alpha value is -9.88. The second-order valence-electron chi connectivity index (χ2n) is 21.0. The molecule has 0 saturated carbocycles. The number of hydrogen-bond acceptors (Lipinski definition) is 0. The molecular weight excluding hydrogens is 937 g/mol. The Labute approximate surface area is 455 Å². The third-order valence-electron chi connectivity index (χ3n) is 16.5. The van der Waals surface area contributed by atoms with E-state index in [-0.39, 0.29) is 0 Å². The Morgan fingerprint density at radius 2 is 0.538 bits per heavy atom. The fourth-order valence-electron chi connectivity index (χ4n) is 12.9. The number of allylic oxidation sites excluding steroid dienone is 4. The first kappa shape index (κ1) is 45.5. The lowest BCUT2D eigenvalue weighted by atomic mass is 9.80. The van der Waals surface area contributed by atoms with Gasteiger partial charge in [0.15, 0.2) is 0 Å². The summed E-state index contributed by atoms with van der Waals surface area (Å²) in [7, 11) is 0. The molecule has 0 spiro atoms. The minimum Gasteiger partial charge on any atom is -0.0763 e. The van der Waals surface area contributed by atoms with Gasteiger partial charge in [0, 0.05) is 0 Å². The molecule has 0 radical (unpaired) electrons. The Kier molecular flexibility index (Phi) is 11.1. The average molecular weight is 989 g/mol. The van der Waals surface area contributed by atoms with Crippen LogP contribution in [0.4, 0.5) is 0 Å². The third-order valence-corrected chi connectivity index (χ3v) is 16.5. The van der Waals surface area contributed by atoms with Crippen LogP contribution in [0.1, 0.15) is 24.0 Å². The van der Waals surface area contributed by atoms with Crippen LogP contribution < -0.4 is 0 Å². The van der Waals surface area contributed by atoms with Gasteiger partial charge < -0.3 is 0 Å². The van der Waals surface area contributed by atoms with Gasteiger partial charge in [-0.15, -0.1) is 0 Å². The van der Waals surface area contributed by atoms with Gasteiger partial charge in [0.1, 0.15) is 0 Å². The first-order valence-electron chi connectivity index (χ1n) is 27.4. The molecular formula is C78H52. The molecule has 15 rings (SSSR count). The lowest BCUT2D eigenvalue weighted by Gasteiger charge is -2.24. The van der Waals surface area contributed by atoms with Gasteiger partial charge in [-0.05, 0) is 197 Å². The summed E-state index contributed by atoms with van der Waals surface area (Å²) in [5, 5.41) is 14.9. The summed E-state index contributed by atoms with van der Waals surface area (Å²) in [6.07, 6.45) is 6.82. The molecule has 0 N–H and O–H groups in total. The molecule has 14 aromatic carbocycles. The SMILES string of the molecule is C1=C(c2cc3c(-c4cccc(-c5cccc6ccccc56)c4)c4ccccc4c(-c4cccc(-c5cccc6ccccc56)c4)c3cc2-c2cccc(-c3cccc4ccccc34)c2)CCC=C1c1cccc2ccccc12. The Morgan fingerprint density at radius 1 is 0.218 bits per heavy atom. The van der Waals surface area contributed by atoms with E-state index in [1.54, 1.807) is 0 Å². The van der Waals surface area contributed by atoms with E-state index in [2.05, 4.69) is 291 Å². The highest BCUT2D eigenvalue weighted by atomic mass is 14.3. The van der Waals surface area contributed by atoms with E-state index in [1.165, 1.54) is 154 Å². The summed E-state index contributed by atoms with van der Waals surface area (Å²) < 4.78 is 0. The van der Waals surface area contributed by atoms with Crippen molar-refractivity contribution in [2.24, 2.45) is 0 Å². The number of benzene rings is 14. The standard InChI is InChI=1S/C78H52/c1-5-35-63-51(19-1)23-15-41-67(63)55-27-11-31-59(45-55)73-49-75-76(50-74(73)60-32-12-28-56(46-60)68-42-16-24-52-20-2-6-36-64(52)68)78(62-34-14-30-58(48-62)70-44-18-26-54-22-4-8-38-66(54)70)72-40-10-9-39-71(72)77(75)61-33-13-29-57(47-61)69-43-17-25-53-21-3-7-37-65(53)69/h1-11,13-31,33-50H,12,32H2. The van der Waals surface area contributed by atoms with Crippen molar-refractivity contribution in [1.82, 2.24) is 0 Å². The predicted molar refractivity (Wildman–Crippen MR) is 336 cm³/mol. The van der Waals surface area contributed by atoms with Crippen LogP contribution in [-0.2, 0) is 0 Å². The van der Waals surface area contributed by atoms with Gasteiger partial charge in [0.2, 0.25) is 0 Å². The Balaban J connectivity index is 1.04. The van der Waals surface area contributed by atoms with Crippen molar-refractivity contribution in [3.05, 3.63) is 302 Å². The van der Waals surface area contributed by atoms with E-state index < -0.39 is 0 Å². The smallest absolute Gasteiger partial charge is 0.00259 e. The molecule has 0 heterocycles. The Bertz CT molecular complexity index is 4770. The highest BCUT2D eigenvalue weighted by Gasteiger charge is 2.24. The maximum atomic E-state index is 2.58. The predicted octanol–water partition coefficient (Wildman–Crippen LogP) is 21.9. The zero-order valence-corrected chi connectivity index (χ0v) is 43.1. The normalized spacial score (nSPS) is 12.7. The zero-order chi connectivity index (χ0) is 51.5. The van der Waals surface area contributed by atoms with Gasteiger partial charge in [0.05, 0.1) is 0 Å². The van der Waals surface area contributed by atoms with E-state index in [0.29, 0.717) is 0 Å². The summed E-state index contributed by atoms with van der Waals surface area (Å²) >= 11 is 0. The van der Waals surface area contributed by atoms with E-state index in [4.69, 9.17) is 0 Å². The quantitative estimate of drug-likeness (QED) is 0.133. The molecule has 78 heavy (non-hydrogen) atoms. The summed E-state index contributed by atoms with van der Waals surface area (Å²) in [5.41, 5.74) is 19.8. The van der Waals surface area contributed by atoms with Gasteiger partial charge >= 0.3 is 0 Å². The summed E-state index contributed by atoms with van der Waals surface area (Å²) in [6.45, 7) is 0. The van der Waals surface area contributed by atoms with Crippen LogP contribution in [0.5, 0.6) is 0 Å². The molecule has 0 nitrogen and oxygen atoms in total. The lowest BCUT2D eigenvalue weighted by Crippen LogP contribution is -1.99. The van der Waals surface area contributed by atoms with Crippen molar-refractivity contribution >= 4 is 75.8 Å². The van der Waals surface area contributed by atoms with Crippen LogP contribution in [0.2, 0.25) is 0 Å². The first-order valence-corrected chi connectivity index (χ1v) is 27.4. The molecule has 14 aromatic rings. The molecule has 0 atom stereocenters. The highest BCUT2D eigenvalue weighted by Crippen LogP contribution is 2.50. The summed E-state index contributed by atoms with van der Waals surface area (Å²) in [4.78, 5) is 0. The van der Waals surface area contributed by atoms with E-state index in [9.17, 15) is 0 Å². The second kappa shape index (κ2) is 19.0. The molecule has 0 fully saturated rings. The van der Waals surface area contributed by atoms with Gasteiger partial charge in [0.25, 0.3) is 0 Å². The zero-order valence-electron chi connectivity index (χ0n) is 43.1. The second-order valence-corrected chi connectivity index (χ2v) is 21.0. The minimum absolute atomic E-state index is 0.926. The monoisotopic (exact) mass is 988 g/mol. The van der Waals surface area contributed by atoms with Gasteiger partial charge in [-0.1, -0.05) is 261 Å². The van der Waals surface area contributed by atoms with Crippen LogP contribution in [0.25, 0.3) is 143 Å². The molecule has 1 aliphatic rings. The topological polar surface area (TPSA) is 0 Å². The lowest BCUT2D eigenvalue weighted by molar-refractivity contribution is 1.06. The van der Waals surface area contributed by atoms with Crippen molar-refractivity contribution in [2.75, 3.05) is 0 Å². The van der Waals surface area contributed by atoms with Gasteiger partial charge in [-0.25, -0.2) is 0 Å². The Morgan fingerprint density at radius 3 is 0.987 bits per heavy atom. The molecule has 0 heteroatoms. The number of hydrogen-bond donors (Lipinski definition) is 0. The molecule has 0 aromatic heterocycles. The molecule has 0 bridgehead atoms. The van der Waals surface area contributed by atoms with Crippen LogP contribution in [0, 0.1) is 0 Å². The van der Waals surface area contributed by atoms with Crippen molar-refractivity contribution < 1.29 is 0 Å². The molecule has 1 aliphatic carbocycles. The van der Waals surface area contributed by atoms with Crippen LogP contribution in [0.3, 0.4) is 0 Å². The maximum absolute atomic E-state index is 2.58. The van der Waals surface area contributed by atoms with E-state index in [1.807, 2.05) is 0 Å². The molecule has 0 saturated heterocycles. The molecule has 0 aliphatic heterocycles. The third kappa shape index (κ3) is 7.84. The van der Waals surface area contributed by atoms with E-state index in [0.717, 1.165) is 12.8 Å². The van der Waals surface area contributed by atoms with Crippen LogP contribution >= 0.6 is 0 Å². The van der Waals surface area contributed by atoms with Crippen molar-refractivity contribution in [3.63, 3.8) is 0 Å². The van der Waals surface area contributed by atoms with Gasteiger partial charge in [-0.3, -0.25) is 0 Å². The molecule has 364 valence electrons. The average Bonchev–Trinajstić information content (AvgIpc) is 3.52. The fraction of sp³-hybridized carbons (Fsp3) is 0.0256. The van der Waals surface area contributed by atoms with Crippen LogP contribution in [0.15, 0.2) is 291 Å². The summed E-state index contributed by atoms with van der Waals surface area (Å²) in [5.74, 6) is 0. The van der Waals surface area contributed by atoms with Crippen LogP contribution in [-0.4, -0.2) is 0 Å². The number of rotatable bonds is 8. The van der Waals surface area contributed by atoms with Crippen molar-refractivity contribution in [3.8, 4) is 66.8 Å². The molecule has 0 unspecified atom stereocenters. The van der Waals surface area contributed by atoms with E-state index >= 15 is 0 Å². The highest BCUT2D eigenvalue weighted by molar-refractivity contribution is 6.23. The minimum atomic E-state index is 0.926. The van der Waals surface area contributed by atoms with Crippen molar-refractivity contribution in [1.29, 1.82) is 0 Å². The summed E-state index contributed by atoms with van der Waals surface area (Å²) in [6, 6.07) is 104. The van der Waals surface area contributed by atoms with Gasteiger partial charge in [-0.2, -0.15) is 0 Å².